The summed E-state index contributed by atoms with van der Waals surface area (Å²) < 4.78 is 14.1. The van der Waals surface area contributed by atoms with Crippen LogP contribution in [0, 0.1) is 5.92 Å². The van der Waals surface area contributed by atoms with Crippen molar-refractivity contribution in [2.75, 3.05) is 39.5 Å². The highest BCUT2D eigenvalue weighted by Gasteiger charge is 2.20. The lowest BCUT2D eigenvalue weighted by atomic mass is 9.89. The van der Waals surface area contributed by atoms with Gasteiger partial charge in [0.1, 0.15) is 0 Å². The van der Waals surface area contributed by atoms with Crippen molar-refractivity contribution in [3.8, 4) is 11.5 Å². The van der Waals surface area contributed by atoms with Crippen molar-refractivity contribution in [3.05, 3.63) is 43.9 Å². The van der Waals surface area contributed by atoms with Crippen LogP contribution in [0.5, 0.6) is 11.5 Å². The minimum Gasteiger partial charge on any atom is -0.454 e. The molecule has 0 bridgehead atoms. The average Bonchev–Trinajstić information content (AvgIpc) is 3.43. The summed E-state index contributed by atoms with van der Waals surface area (Å²) in [4.78, 5) is 30.0. The van der Waals surface area contributed by atoms with Crippen LogP contribution in [0.15, 0.2) is 27.8 Å². The van der Waals surface area contributed by atoms with Crippen molar-refractivity contribution < 1.29 is 9.47 Å². The maximum atomic E-state index is 12.7. The Morgan fingerprint density at radius 1 is 0.882 bits per heavy atom. The molecular weight excluding hydrogens is 452 g/mol. The second-order valence-electron chi connectivity index (χ2n) is 9.87. The number of rotatable bonds is 9. The van der Waals surface area contributed by atoms with E-state index in [0.717, 1.165) is 88.0 Å². The number of fused-ring (bicyclic) bond motifs is 1. The van der Waals surface area contributed by atoms with Crippen LogP contribution < -0.4 is 20.0 Å². The zero-order valence-electron chi connectivity index (χ0n) is 20.0. The topological polar surface area (TPSA) is 68.9 Å². The molecule has 2 fully saturated rings. The Hall–Kier alpha value is -2.10. The molecule has 1 saturated carbocycles. The van der Waals surface area contributed by atoms with E-state index in [1.807, 2.05) is 6.07 Å². The van der Waals surface area contributed by atoms with Crippen molar-refractivity contribution in [1.82, 2.24) is 18.3 Å². The van der Waals surface area contributed by atoms with Crippen LogP contribution in [-0.4, -0.2) is 57.8 Å². The number of unbranched alkanes of at least 4 members (excludes halogenated alkanes) is 1. The Kier molecular flexibility index (Phi) is 7.71. The number of aryl methyl sites for hydroxylation is 1. The van der Waals surface area contributed by atoms with Crippen molar-refractivity contribution in [1.29, 1.82) is 0 Å². The number of ether oxygens (including phenoxy) is 2. The van der Waals surface area contributed by atoms with E-state index in [1.165, 1.54) is 29.4 Å². The highest BCUT2D eigenvalue weighted by Crippen LogP contribution is 2.32. The molecule has 0 N–H and O–H groups in total. The van der Waals surface area contributed by atoms with Crippen LogP contribution in [0.25, 0.3) is 0 Å². The normalized spacial score (nSPS) is 19.6. The first-order valence-electron chi connectivity index (χ1n) is 12.8. The highest BCUT2D eigenvalue weighted by molar-refractivity contribution is 7.03. The summed E-state index contributed by atoms with van der Waals surface area (Å²) in [5, 5.41) is 0. The third-order valence-electron chi connectivity index (χ3n) is 7.41. The molecule has 3 aliphatic rings. The van der Waals surface area contributed by atoms with Gasteiger partial charge in [0.25, 0.3) is 0 Å². The lowest BCUT2D eigenvalue weighted by molar-refractivity contribution is 0.125. The quantitative estimate of drug-likeness (QED) is 0.506. The van der Waals surface area contributed by atoms with E-state index in [1.54, 1.807) is 3.96 Å². The summed E-state index contributed by atoms with van der Waals surface area (Å²) in [6.45, 7) is 7.80. The molecule has 0 amide bonds. The van der Waals surface area contributed by atoms with Gasteiger partial charge in [0.2, 0.25) is 6.79 Å². The minimum absolute atomic E-state index is 0.0887. The van der Waals surface area contributed by atoms with E-state index in [2.05, 4.69) is 21.9 Å². The molecule has 0 unspecified atom stereocenters. The lowest BCUT2D eigenvalue weighted by Crippen LogP contribution is -2.46. The van der Waals surface area contributed by atoms with Gasteiger partial charge >= 0.3 is 10.6 Å². The Labute approximate surface area is 204 Å². The van der Waals surface area contributed by atoms with Crippen LogP contribution in [-0.2, 0) is 19.6 Å². The van der Waals surface area contributed by atoms with E-state index in [0.29, 0.717) is 25.8 Å². The monoisotopic (exact) mass is 488 g/mol. The summed E-state index contributed by atoms with van der Waals surface area (Å²) in [5.74, 6) is 2.18. The van der Waals surface area contributed by atoms with Gasteiger partial charge in [0, 0.05) is 57.3 Å². The summed E-state index contributed by atoms with van der Waals surface area (Å²) in [5.41, 5.74) is 1.16. The second kappa shape index (κ2) is 11.1. The first-order valence-corrected chi connectivity index (χ1v) is 13.6. The third-order valence-corrected chi connectivity index (χ3v) is 8.35. The number of benzene rings is 1. The van der Waals surface area contributed by atoms with Gasteiger partial charge in [0.05, 0.1) is 0 Å². The van der Waals surface area contributed by atoms with E-state index >= 15 is 0 Å². The fraction of sp³-hybridized carbons (Fsp3) is 0.680. The number of nitrogens with zero attached hydrogens (tertiary/aromatic N) is 4. The Bertz CT molecular complexity index is 1060. The molecule has 1 aromatic heterocycles. The van der Waals surface area contributed by atoms with Gasteiger partial charge < -0.3 is 14.4 Å². The van der Waals surface area contributed by atoms with Crippen LogP contribution in [0.1, 0.15) is 50.5 Å². The Morgan fingerprint density at radius 3 is 2.44 bits per heavy atom. The smallest absolute Gasteiger partial charge is 0.341 e. The number of hydrogen-bond acceptors (Lipinski definition) is 7. The van der Waals surface area contributed by atoms with Crippen LogP contribution >= 0.6 is 11.5 Å². The molecule has 8 nitrogen and oxygen atoms in total. The van der Waals surface area contributed by atoms with E-state index in [4.69, 9.17) is 9.47 Å². The summed E-state index contributed by atoms with van der Waals surface area (Å²) in [6.07, 6.45) is 8.00. The maximum absolute atomic E-state index is 12.7. The van der Waals surface area contributed by atoms with E-state index < -0.39 is 0 Å². The van der Waals surface area contributed by atoms with E-state index in [9.17, 15) is 9.59 Å². The molecule has 3 heterocycles. The third kappa shape index (κ3) is 5.75. The molecule has 0 spiro atoms. The molecule has 9 heteroatoms. The fourth-order valence-corrected chi connectivity index (χ4v) is 6.21. The van der Waals surface area contributed by atoms with Crippen LogP contribution in [0.2, 0.25) is 0 Å². The highest BCUT2D eigenvalue weighted by atomic mass is 32.1. The molecule has 1 aromatic carbocycles. The number of piperazine rings is 1. The van der Waals surface area contributed by atoms with Crippen LogP contribution in [0.3, 0.4) is 0 Å². The molecule has 5 rings (SSSR count). The maximum Gasteiger partial charge on any atom is 0.341 e. The van der Waals surface area contributed by atoms with Gasteiger partial charge in [-0.05, 0) is 55.8 Å². The van der Waals surface area contributed by atoms with Crippen molar-refractivity contribution in [2.45, 2.75) is 64.6 Å². The fourth-order valence-electron chi connectivity index (χ4n) is 5.38. The first-order chi connectivity index (χ1) is 16.7. The molecule has 0 atom stereocenters. The van der Waals surface area contributed by atoms with Gasteiger partial charge in [-0.2, -0.15) is 0 Å². The SMILES string of the molecule is O=c1sn(CCCCN2CCN(Cc3ccc4c(c3)OCO4)CC2)c(=O)n1CC1CCCCC1. The van der Waals surface area contributed by atoms with Gasteiger partial charge in [-0.15, -0.1) is 0 Å². The molecule has 186 valence electrons. The zero-order valence-corrected chi connectivity index (χ0v) is 20.8. The van der Waals surface area contributed by atoms with Gasteiger partial charge in [-0.25, -0.2) is 13.3 Å². The molecule has 34 heavy (non-hydrogen) atoms. The zero-order chi connectivity index (χ0) is 23.3. The van der Waals surface area contributed by atoms with Crippen molar-refractivity contribution >= 4 is 11.5 Å². The van der Waals surface area contributed by atoms with Gasteiger partial charge in [-0.1, -0.05) is 25.3 Å². The molecule has 2 aromatic rings. The van der Waals surface area contributed by atoms with Crippen molar-refractivity contribution in [3.63, 3.8) is 0 Å². The molecule has 1 aliphatic carbocycles. The predicted molar refractivity (Wildman–Crippen MR) is 133 cm³/mol. The largest absolute Gasteiger partial charge is 0.454 e. The number of hydrogen-bond donors (Lipinski definition) is 0. The summed E-state index contributed by atoms with van der Waals surface area (Å²) in [6, 6.07) is 6.21. The van der Waals surface area contributed by atoms with Gasteiger partial charge in [0.15, 0.2) is 11.5 Å². The Morgan fingerprint density at radius 2 is 1.62 bits per heavy atom. The molecule has 2 aliphatic heterocycles. The second-order valence-corrected chi connectivity index (χ2v) is 10.8. The Balaban J connectivity index is 1.02. The molecule has 0 radical (unpaired) electrons. The minimum atomic E-state index is -0.0993. The van der Waals surface area contributed by atoms with E-state index in [-0.39, 0.29) is 10.6 Å². The summed E-state index contributed by atoms with van der Waals surface area (Å²) in [7, 11) is 0. The molecular formula is C25H36N4O4S. The predicted octanol–water partition coefficient (Wildman–Crippen LogP) is 2.98. The summed E-state index contributed by atoms with van der Waals surface area (Å²) >= 11 is 1.10. The average molecular weight is 489 g/mol. The standard InChI is InChI=1S/C25H36N4O4S/c30-24-28(18-20-6-2-1-3-7-20)25(31)34-29(24)11-5-4-10-26-12-14-27(15-13-26)17-21-8-9-22-23(16-21)33-19-32-22/h8-9,16,20H,1-7,10-15,17-19H2. The lowest BCUT2D eigenvalue weighted by Gasteiger charge is -2.34. The van der Waals surface area contributed by atoms with Crippen LogP contribution in [0.4, 0.5) is 0 Å². The van der Waals surface area contributed by atoms with Crippen molar-refractivity contribution in [2.24, 2.45) is 5.92 Å². The first kappa shape index (κ1) is 23.6. The number of aromatic nitrogens is 2. The molecule has 1 saturated heterocycles. The van der Waals surface area contributed by atoms with Gasteiger partial charge in [-0.3, -0.25) is 9.69 Å².